The van der Waals surface area contributed by atoms with Crippen molar-refractivity contribution in [1.82, 2.24) is 5.32 Å². The van der Waals surface area contributed by atoms with Gasteiger partial charge in [-0.15, -0.1) is 0 Å². The first kappa shape index (κ1) is 15.7. The molecular weight excluding hydrogens is 308 g/mol. The van der Waals surface area contributed by atoms with Gasteiger partial charge in [-0.1, -0.05) is 12.1 Å². The maximum atomic E-state index is 11.7. The van der Waals surface area contributed by atoms with Crippen molar-refractivity contribution < 1.29 is 13.2 Å². The second kappa shape index (κ2) is 6.84. The lowest BCUT2D eigenvalue weighted by Crippen LogP contribution is -2.27. The maximum absolute atomic E-state index is 11.7. The molecule has 0 spiro atoms. The van der Waals surface area contributed by atoms with E-state index in [1.54, 1.807) is 23.5 Å². The molecule has 2 aromatic rings. The topological polar surface area (TPSA) is 89.3 Å². The van der Waals surface area contributed by atoms with Gasteiger partial charge in [0.15, 0.2) is 0 Å². The van der Waals surface area contributed by atoms with Gasteiger partial charge in [0.2, 0.25) is 15.9 Å². The number of carbonyl (C=O) groups excluding carboxylic acids is 1. The van der Waals surface area contributed by atoms with Gasteiger partial charge in [0, 0.05) is 6.54 Å². The molecule has 0 radical (unpaired) electrons. The molecule has 1 aromatic carbocycles. The van der Waals surface area contributed by atoms with E-state index in [2.05, 4.69) is 5.32 Å². The third-order valence-electron chi connectivity index (χ3n) is 2.93. The van der Waals surface area contributed by atoms with Crippen LogP contribution in [0, 0.1) is 0 Å². The van der Waals surface area contributed by atoms with Crippen molar-refractivity contribution >= 4 is 27.3 Å². The molecule has 1 heterocycles. The van der Waals surface area contributed by atoms with Gasteiger partial charge in [-0.05, 0) is 46.5 Å². The fraction of sp³-hybridized carbons (Fsp3) is 0.214. The number of amides is 1. The summed E-state index contributed by atoms with van der Waals surface area (Å²) < 4.78 is 22.2. The number of nitrogens with one attached hydrogen (secondary N) is 1. The van der Waals surface area contributed by atoms with Crippen molar-refractivity contribution in [1.29, 1.82) is 0 Å². The number of nitrogens with two attached hydrogens (primary N) is 1. The zero-order chi connectivity index (χ0) is 15.3. The Hall–Kier alpha value is -1.70. The third-order valence-corrected chi connectivity index (χ3v) is 4.59. The average Bonchev–Trinajstić information content (AvgIpc) is 2.91. The molecule has 0 atom stereocenters. The molecule has 0 aliphatic heterocycles. The molecule has 3 N–H and O–H groups in total. The molecule has 1 aromatic heterocycles. The van der Waals surface area contributed by atoms with Crippen LogP contribution >= 0.6 is 11.3 Å². The summed E-state index contributed by atoms with van der Waals surface area (Å²) in [6.45, 7) is 0.512. The minimum atomic E-state index is -3.65. The van der Waals surface area contributed by atoms with E-state index in [4.69, 9.17) is 5.14 Å². The highest BCUT2D eigenvalue weighted by molar-refractivity contribution is 7.89. The van der Waals surface area contributed by atoms with Crippen molar-refractivity contribution in [2.24, 2.45) is 5.14 Å². The minimum absolute atomic E-state index is 0.0189. The molecule has 2 rings (SSSR count). The van der Waals surface area contributed by atoms with E-state index in [1.165, 1.54) is 12.1 Å². The molecule has 0 fully saturated rings. The summed E-state index contributed by atoms with van der Waals surface area (Å²) in [4.78, 5) is 11.8. The molecule has 0 unspecified atom stereocenters. The first-order valence-electron chi connectivity index (χ1n) is 6.34. The number of primary sulfonamides is 1. The lowest BCUT2D eigenvalue weighted by atomic mass is 10.1. The Kier molecular flexibility index (Phi) is 5.11. The summed E-state index contributed by atoms with van der Waals surface area (Å²) in [7, 11) is -3.65. The second-order valence-corrected chi connectivity index (χ2v) is 6.94. The van der Waals surface area contributed by atoms with E-state index in [0.29, 0.717) is 19.4 Å². The number of rotatable bonds is 6. The zero-order valence-electron chi connectivity index (χ0n) is 11.3. The Balaban J connectivity index is 1.79. The smallest absolute Gasteiger partial charge is 0.238 e. The van der Waals surface area contributed by atoms with Crippen molar-refractivity contribution in [3.63, 3.8) is 0 Å². The predicted molar refractivity (Wildman–Crippen MR) is 82.6 cm³/mol. The highest BCUT2D eigenvalue weighted by Crippen LogP contribution is 2.09. The van der Waals surface area contributed by atoms with Gasteiger partial charge in [0.25, 0.3) is 0 Å². The fourth-order valence-electron chi connectivity index (χ4n) is 1.83. The Morgan fingerprint density at radius 3 is 2.43 bits per heavy atom. The van der Waals surface area contributed by atoms with Crippen LogP contribution in [0.15, 0.2) is 46.0 Å². The van der Waals surface area contributed by atoms with Crippen LogP contribution in [-0.4, -0.2) is 20.9 Å². The third kappa shape index (κ3) is 4.96. The highest BCUT2D eigenvalue weighted by Gasteiger charge is 2.07. The quantitative estimate of drug-likeness (QED) is 0.839. The summed E-state index contributed by atoms with van der Waals surface area (Å²) in [5.41, 5.74) is 1.95. The van der Waals surface area contributed by atoms with Crippen LogP contribution in [0.25, 0.3) is 0 Å². The molecule has 7 heteroatoms. The Labute approximate surface area is 127 Å². The molecular formula is C14H16N2O3S2. The normalized spacial score (nSPS) is 11.3. The molecule has 5 nitrogen and oxygen atoms in total. The van der Waals surface area contributed by atoms with Gasteiger partial charge in [0.1, 0.15) is 0 Å². The maximum Gasteiger partial charge on any atom is 0.238 e. The fourth-order valence-corrected chi connectivity index (χ4v) is 3.02. The first-order valence-corrected chi connectivity index (χ1v) is 8.83. The van der Waals surface area contributed by atoms with E-state index < -0.39 is 10.0 Å². The number of hydrogen-bond acceptors (Lipinski definition) is 4. The SMILES string of the molecule is NS(=O)(=O)c1ccc(CCNC(=O)Cc2ccsc2)cc1. The molecule has 1 amide bonds. The molecule has 0 saturated carbocycles. The predicted octanol–water partition coefficient (Wildman–Crippen LogP) is 1.30. The Morgan fingerprint density at radius 1 is 1.14 bits per heavy atom. The monoisotopic (exact) mass is 324 g/mol. The molecule has 0 aliphatic rings. The molecule has 0 saturated heterocycles. The summed E-state index contributed by atoms with van der Waals surface area (Å²) in [6.07, 6.45) is 1.02. The van der Waals surface area contributed by atoms with Crippen molar-refractivity contribution in [2.75, 3.05) is 6.54 Å². The number of sulfonamides is 1. The van der Waals surface area contributed by atoms with Crippen LogP contribution in [0.3, 0.4) is 0 Å². The molecule has 0 bridgehead atoms. The second-order valence-electron chi connectivity index (χ2n) is 4.60. The van der Waals surface area contributed by atoms with Gasteiger partial charge in [-0.2, -0.15) is 11.3 Å². The standard InChI is InChI=1S/C14H16N2O3S2/c15-21(18,19)13-3-1-11(2-4-13)5-7-16-14(17)9-12-6-8-20-10-12/h1-4,6,8,10H,5,7,9H2,(H,16,17)(H2,15,18,19). The largest absolute Gasteiger partial charge is 0.355 e. The van der Waals surface area contributed by atoms with E-state index in [-0.39, 0.29) is 10.8 Å². The van der Waals surface area contributed by atoms with Crippen LogP contribution in [0.5, 0.6) is 0 Å². The first-order chi connectivity index (χ1) is 9.95. The average molecular weight is 324 g/mol. The van der Waals surface area contributed by atoms with Crippen LogP contribution in [0.2, 0.25) is 0 Å². The Morgan fingerprint density at radius 2 is 1.86 bits per heavy atom. The summed E-state index contributed by atoms with van der Waals surface area (Å²) in [5, 5.41) is 11.8. The number of carbonyl (C=O) groups is 1. The van der Waals surface area contributed by atoms with E-state index in [1.807, 2.05) is 16.8 Å². The lowest BCUT2D eigenvalue weighted by molar-refractivity contribution is -0.120. The van der Waals surface area contributed by atoms with Crippen molar-refractivity contribution in [3.8, 4) is 0 Å². The number of benzene rings is 1. The Bertz CT molecular complexity index is 692. The van der Waals surface area contributed by atoms with Crippen molar-refractivity contribution in [2.45, 2.75) is 17.7 Å². The minimum Gasteiger partial charge on any atom is -0.355 e. The van der Waals surface area contributed by atoms with E-state index >= 15 is 0 Å². The van der Waals surface area contributed by atoms with E-state index in [9.17, 15) is 13.2 Å². The summed E-state index contributed by atoms with van der Waals surface area (Å²) in [5.74, 6) is -0.0189. The van der Waals surface area contributed by atoms with Gasteiger partial charge >= 0.3 is 0 Å². The molecule has 0 aliphatic carbocycles. The lowest BCUT2D eigenvalue weighted by Gasteiger charge is -2.05. The van der Waals surface area contributed by atoms with Crippen LogP contribution in [0.4, 0.5) is 0 Å². The molecule has 21 heavy (non-hydrogen) atoms. The van der Waals surface area contributed by atoms with Gasteiger partial charge in [-0.25, -0.2) is 13.6 Å². The van der Waals surface area contributed by atoms with Crippen LogP contribution in [-0.2, 0) is 27.7 Å². The van der Waals surface area contributed by atoms with Gasteiger partial charge in [0.05, 0.1) is 11.3 Å². The summed E-state index contributed by atoms with van der Waals surface area (Å²) in [6, 6.07) is 8.27. The number of thiophene rings is 1. The van der Waals surface area contributed by atoms with Gasteiger partial charge in [-0.3, -0.25) is 4.79 Å². The highest BCUT2D eigenvalue weighted by atomic mass is 32.2. The van der Waals surface area contributed by atoms with Crippen LogP contribution < -0.4 is 10.5 Å². The van der Waals surface area contributed by atoms with E-state index in [0.717, 1.165) is 11.1 Å². The zero-order valence-corrected chi connectivity index (χ0v) is 12.9. The molecule has 112 valence electrons. The van der Waals surface area contributed by atoms with Gasteiger partial charge < -0.3 is 5.32 Å². The van der Waals surface area contributed by atoms with Crippen LogP contribution in [0.1, 0.15) is 11.1 Å². The van der Waals surface area contributed by atoms with Crippen molar-refractivity contribution in [3.05, 3.63) is 52.2 Å². The number of hydrogen-bond donors (Lipinski definition) is 2. The summed E-state index contributed by atoms with van der Waals surface area (Å²) >= 11 is 1.57.